The number of rotatable bonds is 7. The first kappa shape index (κ1) is 19.9. The first-order valence-corrected chi connectivity index (χ1v) is 8.68. The summed E-state index contributed by atoms with van der Waals surface area (Å²) in [6, 6.07) is 12.3. The van der Waals surface area contributed by atoms with Gasteiger partial charge in [-0.15, -0.1) is 0 Å². The van der Waals surface area contributed by atoms with Crippen molar-refractivity contribution in [1.29, 1.82) is 0 Å². The van der Waals surface area contributed by atoms with Crippen LogP contribution < -0.4 is 19.7 Å². The van der Waals surface area contributed by atoms with E-state index in [1.165, 1.54) is 26.4 Å². The highest BCUT2D eigenvalue weighted by atomic mass is 16.5. The molecule has 2 aromatic rings. The summed E-state index contributed by atoms with van der Waals surface area (Å²) >= 11 is 0. The van der Waals surface area contributed by atoms with Crippen LogP contribution in [0.4, 0.5) is 10.5 Å². The number of hydrogen-bond acceptors (Lipinski definition) is 6. The monoisotopic (exact) mass is 397 g/mol. The molecule has 1 aliphatic rings. The van der Waals surface area contributed by atoms with Crippen LogP contribution in [0.15, 0.2) is 48.5 Å². The molecule has 0 saturated carbocycles. The fraction of sp³-hybridized carbons (Fsp3) is 0.200. The number of ether oxygens (including phenoxy) is 2. The number of imide groups is 2. The molecule has 0 aliphatic carbocycles. The van der Waals surface area contributed by atoms with Crippen LogP contribution in [0.3, 0.4) is 0 Å². The van der Waals surface area contributed by atoms with Crippen molar-refractivity contribution in [3.05, 3.63) is 54.1 Å². The van der Waals surface area contributed by atoms with Crippen LogP contribution in [-0.2, 0) is 20.9 Å². The summed E-state index contributed by atoms with van der Waals surface area (Å²) in [5.41, 5.74) is 0.949. The summed E-state index contributed by atoms with van der Waals surface area (Å²) in [6.45, 7) is -0.416. The van der Waals surface area contributed by atoms with E-state index in [0.717, 1.165) is 10.5 Å². The number of urea groups is 1. The highest BCUT2D eigenvalue weighted by molar-refractivity contribution is 6.53. The quantitative estimate of drug-likeness (QED) is 0.558. The Morgan fingerprint density at radius 1 is 0.931 bits per heavy atom. The highest BCUT2D eigenvalue weighted by Gasteiger charge is 2.46. The minimum Gasteiger partial charge on any atom is -0.497 e. The molecule has 1 fully saturated rings. The van der Waals surface area contributed by atoms with Crippen LogP contribution in [0.1, 0.15) is 5.56 Å². The topological polar surface area (TPSA) is 105 Å². The molecule has 0 bridgehead atoms. The second-order valence-electron chi connectivity index (χ2n) is 6.10. The molecular weight excluding hydrogens is 378 g/mol. The van der Waals surface area contributed by atoms with Crippen molar-refractivity contribution in [1.82, 2.24) is 10.2 Å². The van der Waals surface area contributed by atoms with Crippen molar-refractivity contribution in [3.63, 3.8) is 0 Å². The average molecular weight is 397 g/mol. The average Bonchev–Trinajstić information content (AvgIpc) is 2.95. The van der Waals surface area contributed by atoms with Gasteiger partial charge in [0, 0.05) is 12.1 Å². The van der Waals surface area contributed by atoms with E-state index >= 15 is 0 Å². The first-order chi connectivity index (χ1) is 14.0. The van der Waals surface area contributed by atoms with Crippen molar-refractivity contribution in [2.24, 2.45) is 0 Å². The predicted molar refractivity (Wildman–Crippen MR) is 102 cm³/mol. The number of para-hydroxylation sites is 1. The Bertz CT molecular complexity index is 957. The molecule has 29 heavy (non-hydrogen) atoms. The molecule has 5 amide bonds. The summed E-state index contributed by atoms with van der Waals surface area (Å²) in [4.78, 5) is 50.7. The fourth-order valence-corrected chi connectivity index (χ4v) is 2.85. The molecule has 1 aliphatic heterocycles. The molecule has 1 N–H and O–H groups in total. The molecular formula is C20H19N3O6. The molecule has 1 heterocycles. The van der Waals surface area contributed by atoms with Gasteiger partial charge in [0.1, 0.15) is 18.0 Å². The molecule has 1 saturated heterocycles. The van der Waals surface area contributed by atoms with E-state index in [2.05, 4.69) is 5.32 Å². The summed E-state index contributed by atoms with van der Waals surface area (Å²) < 4.78 is 10.2. The van der Waals surface area contributed by atoms with E-state index in [4.69, 9.17) is 9.47 Å². The van der Waals surface area contributed by atoms with E-state index < -0.39 is 30.3 Å². The second-order valence-corrected chi connectivity index (χ2v) is 6.10. The van der Waals surface area contributed by atoms with Gasteiger partial charge < -0.3 is 14.8 Å². The van der Waals surface area contributed by atoms with Crippen LogP contribution in [0.2, 0.25) is 0 Å². The lowest BCUT2D eigenvalue weighted by atomic mass is 10.2. The van der Waals surface area contributed by atoms with Crippen molar-refractivity contribution < 1.29 is 28.7 Å². The van der Waals surface area contributed by atoms with Gasteiger partial charge in [0.15, 0.2) is 0 Å². The van der Waals surface area contributed by atoms with Crippen LogP contribution in [0.25, 0.3) is 0 Å². The minimum absolute atomic E-state index is 0.148. The van der Waals surface area contributed by atoms with Gasteiger partial charge >= 0.3 is 17.8 Å². The number of benzene rings is 2. The Kier molecular flexibility index (Phi) is 5.77. The molecule has 9 heteroatoms. The van der Waals surface area contributed by atoms with Crippen molar-refractivity contribution in [3.8, 4) is 11.5 Å². The van der Waals surface area contributed by atoms with Gasteiger partial charge in [-0.05, 0) is 30.3 Å². The van der Waals surface area contributed by atoms with Crippen LogP contribution in [-0.4, -0.2) is 49.4 Å². The third kappa shape index (κ3) is 4.03. The van der Waals surface area contributed by atoms with E-state index in [1.807, 2.05) is 0 Å². The zero-order valence-corrected chi connectivity index (χ0v) is 15.9. The smallest absolute Gasteiger partial charge is 0.339 e. The molecule has 0 spiro atoms. The fourth-order valence-electron chi connectivity index (χ4n) is 2.85. The van der Waals surface area contributed by atoms with Gasteiger partial charge in [-0.1, -0.05) is 18.2 Å². The predicted octanol–water partition coefficient (Wildman–Crippen LogP) is 1.32. The van der Waals surface area contributed by atoms with Gasteiger partial charge in [0.2, 0.25) is 5.91 Å². The molecule has 0 atom stereocenters. The Morgan fingerprint density at radius 3 is 2.28 bits per heavy atom. The Morgan fingerprint density at radius 2 is 1.62 bits per heavy atom. The Labute approximate surface area is 166 Å². The van der Waals surface area contributed by atoms with Gasteiger partial charge in [-0.2, -0.15) is 0 Å². The third-order valence-electron chi connectivity index (χ3n) is 4.35. The molecule has 0 aromatic heterocycles. The summed E-state index contributed by atoms with van der Waals surface area (Å²) in [5.74, 6) is -1.52. The maximum atomic E-state index is 12.6. The molecule has 0 unspecified atom stereocenters. The number of anilines is 1. The van der Waals surface area contributed by atoms with Gasteiger partial charge in [-0.25, -0.2) is 14.6 Å². The zero-order valence-electron chi connectivity index (χ0n) is 15.9. The lowest BCUT2D eigenvalue weighted by Crippen LogP contribution is -2.41. The summed E-state index contributed by atoms with van der Waals surface area (Å²) in [5, 5.41) is 2.61. The van der Waals surface area contributed by atoms with Crippen LogP contribution in [0.5, 0.6) is 11.5 Å². The van der Waals surface area contributed by atoms with Crippen LogP contribution in [0, 0.1) is 0 Å². The third-order valence-corrected chi connectivity index (χ3v) is 4.35. The van der Waals surface area contributed by atoms with Crippen molar-refractivity contribution in [2.45, 2.75) is 6.54 Å². The van der Waals surface area contributed by atoms with E-state index in [1.54, 1.807) is 36.4 Å². The number of nitrogens with one attached hydrogen (secondary N) is 1. The summed E-state index contributed by atoms with van der Waals surface area (Å²) in [6.07, 6.45) is 0. The number of nitrogens with zero attached hydrogens (tertiary/aromatic N) is 2. The number of amides is 5. The van der Waals surface area contributed by atoms with Crippen molar-refractivity contribution >= 4 is 29.4 Å². The van der Waals surface area contributed by atoms with E-state index in [0.29, 0.717) is 16.4 Å². The van der Waals surface area contributed by atoms with Gasteiger partial charge in [0.05, 0.1) is 19.9 Å². The van der Waals surface area contributed by atoms with E-state index in [-0.39, 0.29) is 12.2 Å². The Balaban J connectivity index is 1.67. The molecule has 0 radical (unpaired) electrons. The minimum atomic E-state index is -1.06. The Hall–Kier alpha value is -3.88. The van der Waals surface area contributed by atoms with Gasteiger partial charge in [0.25, 0.3) is 0 Å². The summed E-state index contributed by atoms with van der Waals surface area (Å²) in [7, 11) is 3.00. The van der Waals surface area contributed by atoms with Crippen molar-refractivity contribution in [2.75, 3.05) is 25.7 Å². The largest absolute Gasteiger partial charge is 0.497 e. The first-order valence-electron chi connectivity index (χ1n) is 8.68. The maximum Gasteiger partial charge on any atom is 0.339 e. The van der Waals surface area contributed by atoms with Gasteiger partial charge in [-0.3, -0.25) is 14.4 Å². The highest BCUT2D eigenvalue weighted by Crippen LogP contribution is 2.24. The van der Waals surface area contributed by atoms with Crippen LogP contribution >= 0.6 is 0 Å². The number of hydrogen-bond donors (Lipinski definition) is 1. The normalized spacial score (nSPS) is 13.7. The lowest BCUT2D eigenvalue weighted by molar-refractivity contribution is -0.140. The number of carbonyl (C=O) groups excluding carboxylic acids is 4. The zero-order chi connectivity index (χ0) is 21.0. The molecule has 150 valence electrons. The molecule has 2 aromatic carbocycles. The maximum absolute atomic E-state index is 12.6. The molecule has 9 nitrogen and oxygen atoms in total. The lowest BCUT2D eigenvalue weighted by Gasteiger charge is -2.16. The second kappa shape index (κ2) is 8.42. The number of carbonyl (C=O) groups is 4. The van der Waals surface area contributed by atoms with E-state index in [9.17, 15) is 19.2 Å². The number of methoxy groups -OCH3 is 2. The molecule has 3 rings (SSSR count). The standard InChI is InChI=1S/C20H19N3O6/c1-28-15-9-7-14(8-10-15)23-19(26)18(25)22(20(23)27)12-17(24)21-11-13-5-3-4-6-16(13)29-2/h3-10H,11-12H2,1-2H3,(H,21,24). The SMILES string of the molecule is COc1ccc(N2C(=O)C(=O)N(CC(=O)NCc3ccccc3OC)C2=O)cc1.